The van der Waals surface area contributed by atoms with Crippen LogP contribution in [0.5, 0.6) is 0 Å². The average molecular weight is 299 g/mol. The van der Waals surface area contributed by atoms with E-state index in [0.29, 0.717) is 6.54 Å². The Morgan fingerprint density at radius 3 is 2.20 bits per heavy atom. The summed E-state index contributed by atoms with van der Waals surface area (Å²) in [6.07, 6.45) is 0.876. The van der Waals surface area contributed by atoms with Crippen molar-refractivity contribution in [2.75, 3.05) is 13.6 Å². The van der Waals surface area contributed by atoms with Gasteiger partial charge in [-0.15, -0.1) is 12.4 Å². The number of aryl methyl sites for hydroxylation is 2. The maximum atomic E-state index is 11.9. The zero-order valence-electron chi connectivity index (χ0n) is 13.1. The normalized spacial score (nSPS) is 13.2. The average Bonchev–Trinajstić information content (AvgIpc) is 2.27. The zero-order chi connectivity index (χ0) is 14.4. The number of hydrogen-bond donors (Lipinski definition) is 2. The van der Waals surface area contributed by atoms with Gasteiger partial charge in [-0.2, -0.15) is 0 Å². The second kappa shape index (κ2) is 8.98. The molecular formula is C16H27ClN2O. The van der Waals surface area contributed by atoms with Gasteiger partial charge in [0, 0.05) is 18.5 Å². The first-order valence-electron chi connectivity index (χ1n) is 6.94. The molecule has 3 nitrogen and oxygen atoms in total. The molecule has 0 saturated carbocycles. The van der Waals surface area contributed by atoms with E-state index in [2.05, 4.69) is 49.6 Å². The molecule has 2 N–H and O–H groups in total. The van der Waals surface area contributed by atoms with E-state index in [1.165, 1.54) is 16.7 Å². The molecule has 0 aliphatic carbocycles. The molecule has 2 unspecified atom stereocenters. The summed E-state index contributed by atoms with van der Waals surface area (Å²) in [5.41, 5.74) is 3.83. The highest BCUT2D eigenvalue weighted by Gasteiger charge is 2.14. The van der Waals surface area contributed by atoms with Gasteiger partial charge in [-0.3, -0.25) is 4.79 Å². The third kappa shape index (κ3) is 6.40. The molecule has 0 spiro atoms. The third-order valence-corrected chi connectivity index (χ3v) is 3.17. The Morgan fingerprint density at radius 1 is 1.15 bits per heavy atom. The van der Waals surface area contributed by atoms with Crippen LogP contribution in [0.15, 0.2) is 18.2 Å². The molecule has 1 aromatic rings. The molecule has 114 valence electrons. The van der Waals surface area contributed by atoms with Crippen molar-refractivity contribution >= 4 is 18.3 Å². The van der Waals surface area contributed by atoms with Crippen molar-refractivity contribution in [1.29, 1.82) is 0 Å². The van der Waals surface area contributed by atoms with Crippen LogP contribution in [0.2, 0.25) is 0 Å². The number of rotatable bonds is 6. The lowest BCUT2D eigenvalue weighted by atomic mass is 10.0. The summed E-state index contributed by atoms with van der Waals surface area (Å²) < 4.78 is 0. The first-order valence-corrected chi connectivity index (χ1v) is 6.94. The Balaban J connectivity index is 0.00000361. The molecule has 0 radical (unpaired) electrons. The van der Waals surface area contributed by atoms with Gasteiger partial charge < -0.3 is 10.6 Å². The number of hydrogen-bond acceptors (Lipinski definition) is 2. The van der Waals surface area contributed by atoms with Crippen molar-refractivity contribution in [3.05, 3.63) is 34.9 Å². The summed E-state index contributed by atoms with van der Waals surface area (Å²) in [5.74, 6) is 0.123. The lowest BCUT2D eigenvalue weighted by Gasteiger charge is -2.18. The lowest BCUT2D eigenvalue weighted by molar-refractivity contribution is -0.124. The standard InChI is InChI=1S/C16H26N2O.ClH/c1-11-6-12(2)8-15(7-11)9-14(4)18-16(19)13(3)10-17-5;/h6-8,13-14,17H,9-10H2,1-5H3,(H,18,19);1H. The fourth-order valence-corrected chi connectivity index (χ4v) is 2.38. The van der Waals surface area contributed by atoms with Crippen LogP contribution in [0.1, 0.15) is 30.5 Å². The van der Waals surface area contributed by atoms with Crippen molar-refractivity contribution in [3.8, 4) is 0 Å². The van der Waals surface area contributed by atoms with E-state index in [1.807, 2.05) is 14.0 Å². The van der Waals surface area contributed by atoms with Crippen molar-refractivity contribution in [2.45, 2.75) is 40.2 Å². The molecule has 1 amide bonds. The van der Waals surface area contributed by atoms with Gasteiger partial charge in [0.25, 0.3) is 0 Å². The number of amides is 1. The van der Waals surface area contributed by atoms with Crippen molar-refractivity contribution in [3.63, 3.8) is 0 Å². The van der Waals surface area contributed by atoms with E-state index in [0.717, 1.165) is 6.42 Å². The third-order valence-electron chi connectivity index (χ3n) is 3.17. The second-order valence-corrected chi connectivity index (χ2v) is 5.57. The van der Waals surface area contributed by atoms with Crippen molar-refractivity contribution in [1.82, 2.24) is 10.6 Å². The molecule has 0 aromatic heterocycles. The van der Waals surface area contributed by atoms with E-state index in [9.17, 15) is 4.79 Å². The van der Waals surface area contributed by atoms with E-state index in [-0.39, 0.29) is 30.3 Å². The van der Waals surface area contributed by atoms with Gasteiger partial charge in [-0.1, -0.05) is 36.2 Å². The predicted octanol–water partition coefficient (Wildman–Crippen LogP) is 2.63. The first-order chi connectivity index (χ1) is 8.92. The molecule has 1 aromatic carbocycles. The topological polar surface area (TPSA) is 41.1 Å². The number of carbonyl (C=O) groups excluding carboxylic acids is 1. The Morgan fingerprint density at radius 2 is 1.70 bits per heavy atom. The molecule has 0 saturated heterocycles. The van der Waals surface area contributed by atoms with E-state index >= 15 is 0 Å². The van der Waals surface area contributed by atoms with E-state index in [4.69, 9.17) is 0 Å². The second-order valence-electron chi connectivity index (χ2n) is 5.57. The summed E-state index contributed by atoms with van der Waals surface area (Å²) >= 11 is 0. The SMILES string of the molecule is CNCC(C)C(=O)NC(C)Cc1cc(C)cc(C)c1.Cl. The summed E-state index contributed by atoms with van der Waals surface area (Å²) in [7, 11) is 1.86. The summed E-state index contributed by atoms with van der Waals surface area (Å²) in [5, 5.41) is 6.10. The van der Waals surface area contributed by atoms with Crippen LogP contribution in [0.4, 0.5) is 0 Å². The quantitative estimate of drug-likeness (QED) is 0.848. The minimum atomic E-state index is 0. The van der Waals surface area contributed by atoms with Crippen LogP contribution < -0.4 is 10.6 Å². The maximum absolute atomic E-state index is 11.9. The molecule has 4 heteroatoms. The highest BCUT2D eigenvalue weighted by Crippen LogP contribution is 2.11. The minimum absolute atomic E-state index is 0. The minimum Gasteiger partial charge on any atom is -0.353 e. The lowest BCUT2D eigenvalue weighted by Crippen LogP contribution is -2.40. The summed E-state index contributed by atoms with van der Waals surface area (Å²) in [6.45, 7) is 8.92. The Kier molecular flexibility index (Phi) is 8.51. The highest BCUT2D eigenvalue weighted by molar-refractivity contribution is 5.85. The van der Waals surface area contributed by atoms with E-state index < -0.39 is 0 Å². The molecule has 0 heterocycles. The summed E-state index contributed by atoms with van der Waals surface area (Å²) in [6, 6.07) is 6.70. The van der Waals surface area contributed by atoms with Crippen LogP contribution in [0.3, 0.4) is 0 Å². The number of benzene rings is 1. The molecule has 0 aliphatic heterocycles. The van der Waals surface area contributed by atoms with Crippen LogP contribution in [-0.4, -0.2) is 25.5 Å². The number of carbonyl (C=O) groups is 1. The van der Waals surface area contributed by atoms with Gasteiger partial charge in [0.1, 0.15) is 0 Å². The van der Waals surface area contributed by atoms with Gasteiger partial charge in [-0.25, -0.2) is 0 Å². The number of nitrogens with one attached hydrogen (secondary N) is 2. The van der Waals surface area contributed by atoms with E-state index in [1.54, 1.807) is 0 Å². The first kappa shape index (κ1) is 18.9. The smallest absolute Gasteiger partial charge is 0.224 e. The zero-order valence-corrected chi connectivity index (χ0v) is 13.9. The fraction of sp³-hybridized carbons (Fsp3) is 0.562. The van der Waals surface area contributed by atoms with Gasteiger partial charge in [0.2, 0.25) is 5.91 Å². The monoisotopic (exact) mass is 298 g/mol. The van der Waals surface area contributed by atoms with Gasteiger partial charge in [0.15, 0.2) is 0 Å². The molecule has 1 rings (SSSR count). The molecule has 0 bridgehead atoms. The molecule has 20 heavy (non-hydrogen) atoms. The Bertz CT molecular complexity index is 414. The highest BCUT2D eigenvalue weighted by atomic mass is 35.5. The van der Waals surface area contributed by atoms with Crippen LogP contribution >= 0.6 is 12.4 Å². The summed E-state index contributed by atoms with van der Waals surface area (Å²) in [4.78, 5) is 11.9. The van der Waals surface area contributed by atoms with Crippen LogP contribution in [0, 0.1) is 19.8 Å². The Labute approximate surface area is 128 Å². The molecule has 0 aliphatic rings. The van der Waals surface area contributed by atoms with Gasteiger partial charge in [0.05, 0.1) is 0 Å². The van der Waals surface area contributed by atoms with Crippen LogP contribution in [-0.2, 0) is 11.2 Å². The largest absolute Gasteiger partial charge is 0.353 e. The van der Waals surface area contributed by atoms with Crippen LogP contribution in [0.25, 0.3) is 0 Å². The number of halogens is 1. The molecular weight excluding hydrogens is 272 g/mol. The fourth-order valence-electron chi connectivity index (χ4n) is 2.38. The van der Waals surface area contributed by atoms with Gasteiger partial charge >= 0.3 is 0 Å². The molecule has 2 atom stereocenters. The van der Waals surface area contributed by atoms with Gasteiger partial charge in [-0.05, 0) is 39.8 Å². The Hall–Kier alpha value is -1.06. The predicted molar refractivity (Wildman–Crippen MR) is 87.6 cm³/mol. The van der Waals surface area contributed by atoms with Crippen molar-refractivity contribution in [2.24, 2.45) is 5.92 Å². The molecule has 0 fully saturated rings. The maximum Gasteiger partial charge on any atom is 0.224 e. The van der Waals surface area contributed by atoms with Crippen molar-refractivity contribution < 1.29 is 4.79 Å².